The van der Waals surface area contributed by atoms with E-state index in [1.807, 2.05) is 0 Å². The van der Waals surface area contributed by atoms with E-state index in [2.05, 4.69) is 0 Å². The summed E-state index contributed by atoms with van der Waals surface area (Å²) in [6.07, 6.45) is 9.90. The van der Waals surface area contributed by atoms with E-state index in [1.165, 1.54) is 45.6 Å². The highest BCUT2D eigenvalue weighted by Crippen LogP contribution is 2.41. The molecule has 0 unspecified atom stereocenters. The summed E-state index contributed by atoms with van der Waals surface area (Å²) in [7, 11) is 3.31. The molecule has 2 aliphatic carbocycles. The first kappa shape index (κ1) is 14.8. The first-order valence-corrected chi connectivity index (χ1v) is 7.81. The molecule has 0 spiro atoms. The highest BCUT2D eigenvalue weighted by Gasteiger charge is 2.33. The summed E-state index contributed by atoms with van der Waals surface area (Å²) < 4.78 is 10.1. The molecule has 0 saturated heterocycles. The Morgan fingerprint density at radius 3 is 1.89 bits per heavy atom. The molecule has 3 heteroatoms. The molecular formula is C16H28O3. The van der Waals surface area contributed by atoms with E-state index in [4.69, 9.17) is 9.47 Å². The number of carbonyl (C=O) groups is 1. The Kier molecular flexibility index (Phi) is 5.68. The van der Waals surface area contributed by atoms with E-state index < -0.39 is 0 Å². The van der Waals surface area contributed by atoms with E-state index in [1.54, 1.807) is 7.11 Å². The topological polar surface area (TPSA) is 35.5 Å². The fraction of sp³-hybridized carbons (Fsp3) is 0.938. The lowest BCUT2D eigenvalue weighted by Crippen LogP contribution is -2.29. The van der Waals surface area contributed by atoms with E-state index >= 15 is 0 Å². The van der Waals surface area contributed by atoms with Crippen LogP contribution >= 0.6 is 0 Å². The fourth-order valence-electron chi connectivity index (χ4n) is 4.05. The molecule has 0 amide bonds. The molecule has 0 aromatic rings. The summed E-state index contributed by atoms with van der Waals surface area (Å²) in [5.74, 6) is 2.71. The van der Waals surface area contributed by atoms with Gasteiger partial charge in [0.1, 0.15) is 0 Å². The van der Waals surface area contributed by atoms with Crippen molar-refractivity contribution in [3.8, 4) is 0 Å². The number of hydrogen-bond donors (Lipinski definition) is 0. The molecule has 0 radical (unpaired) electrons. The molecule has 3 nitrogen and oxygen atoms in total. The van der Waals surface area contributed by atoms with Gasteiger partial charge < -0.3 is 9.47 Å². The Hall–Kier alpha value is -0.570. The normalized spacial score (nSPS) is 35.9. The van der Waals surface area contributed by atoms with Crippen LogP contribution in [0.3, 0.4) is 0 Å². The number of methoxy groups -OCH3 is 2. The number of hydrogen-bond acceptors (Lipinski definition) is 3. The van der Waals surface area contributed by atoms with Gasteiger partial charge in [-0.25, -0.2) is 0 Å². The van der Waals surface area contributed by atoms with Crippen LogP contribution in [0.1, 0.15) is 51.4 Å². The third-order valence-corrected chi connectivity index (χ3v) is 5.27. The van der Waals surface area contributed by atoms with Crippen LogP contribution in [0.25, 0.3) is 0 Å². The molecule has 0 aliphatic heterocycles. The lowest BCUT2D eigenvalue weighted by molar-refractivity contribution is -0.147. The minimum absolute atomic E-state index is 0.00209. The molecule has 2 saturated carbocycles. The van der Waals surface area contributed by atoms with Crippen LogP contribution in [0, 0.1) is 23.7 Å². The van der Waals surface area contributed by atoms with Crippen LogP contribution in [0.4, 0.5) is 0 Å². The summed E-state index contributed by atoms with van der Waals surface area (Å²) in [4.78, 5) is 11.5. The van der Waals surface area contributed by atoms with Crippen molar-refractivity contribution in [2.24, 2.45) is 23.7 Å². The molecule has 0 heterocycles. The van der Waals surface area contributed by atoms with Crippen molar-refractivity contribution in [3.05, 3.63) is 0 Å². The molecular weight excluding hydrogens is 240 g/mol. The van der Waals surface area contributed by atoms with Crippen LogP contribution in [-0.4, -0.2) is 26.8 Å². The minimum atomic E-state index is 0.00209. The maximum atomic E-state index is 11.5. The summed E-state index contributed by atoms with van der Waals surface area (Å²) >= 11 is 0. The average Bonchev–Trinajstić information content (AvgIpc) is 2.48. The summed E-state index contributed by atoms with van der Waals surface area (Å²) in [5.41, 5.74) is 0. The minimum Gasteiger partial charge on any atom is -0.469 e. The number of carbonyl (C=O) groups excluding carboxylic acids is 1. The van der Waals surface area contributed by atoms with Gasteiger partial charge in [0.25, 0.3) is 0 Å². The second kappa shape index (κ2) is 7.28. The molecule has 0 aromatic carbocycles. The van der Waals surface area contributed by atoms with Crippen LogP contribution in [0.5, 0.6) is 0 Å². The molecule has 2 aliphatic rings. The van der Waals surface area contributed by atoms with Gasteiger partial charge in [0, 0.05) is 13.7 Å². The van der Waals surface area contributed by atoms with Crippen molar-refractivity contribution in [3.63, 3.8) is 0 Å². The Balaban J connectivity index is 1.72. The summed E-state index contributed by atoms with van der Waals surface area (Å²) in [6, 6.07) is 0. The largest absolute Gasteiger partial charge is 0.469 e. The van der Waals surface area contributed by atoms with E-state index in [0.29, 0.717) is 0 Å². The zero-order chi connectivity index (χ0) is 13.7. The predicted octanol–water partition coefficient (Wildman–Crippen LogP) is 3.42. The van der Waals surface area contributed by atoms with E-state index in [0.717, 1.165) is 37.2 Å². The SMILES string of the molecule is COCC1CCC(C2CCC(C(=O)OC)CC2)CC1. The lowest BCUT2D eigenvalue weighted by atomic mass is 9.69. The van der Waals surface area contributed by atoms with Crippen molar-refractivity contribution >= 4 is 5.97 Å². The summed E-state index contributed by atoms with van der Waals surface area (Å²) in [6.45, 7) is 0.932. The second-order valence-corrected chi connectivity index (χ2v) is 6.37. The first-order chi connectivity index (χ1) is 9.24. The molecule has 2 rings (SSSR count). The molecule has 0 bridgehead atoms. The van der Waals surface area contributed by atoms with Gasteiger partial charge in [0.2, 0.25) is 0 Å². The third kappa shape index (κ3) is 3.95. The van der Waals surface area contributed by atoms with Crippen molar-refractivity contribution in [1.82, 2.24) is 0 Å². The van der Waals surface area contributed by atoms with E-state index in [-0.39, 0.29) is 11.9 Å². The van der Waals surface area contributed by atoms with Crippen molar-refractivity contribution < 1.29 is 14.3 Å². The molecule has 19 heavy (non-hydrogen) atoms. The van der Waals surface area contributed by atoms with Gasteiger partial charge in [-0.2, -0.15) is 0 Å². The van der Waals surface area contributed by atoms with Crippen molar-refractivity contribution in [1.29, 1.82) is 0 Å². The zero-order valence-corrected chi connectivity index (χ0v) is 12.4. The quantitative estimate of drug-likeness (QED) is 0.733. The highest BCUT2D eigenvalue weighted by molar-refractivity contribution is 5.72. The Labute approximate surface area is 117 Å². The Bertz CT molecular complexity index is 274. The number of ether oxygens (including phenoxy) is 2. The first-order valence-electron chi connectivity index (χ1n) is 7.81. The second-order valence-electron chi connectivity index (χ2n) is 6.37. The van der Waals surface area contributed by atoms with Crippen LogP contribution in [-0.2, 0) is 14.3 Å². The molecule has 0 atom stereocenters. The summed E-state index contributed by atoms with van der Waals surface area (Å²) in [5, 5.41) is 0. The predicted molar refractivity (Wildman–Crippen MR) is 74.8 cm³/mol. The van der Waals surface area contributed by atoms with Gasteiger partial charge in [0.15, 0.2) is 0 Å². The van der Waals surface area contributed by atoms with Crippen molar-refractivity contribution in [2.45, 2.75) is 51.4 Å². The smallest absolute Gasteiger partial charge is 0.308 e. The molecule has 110 valence electrons. The maximum absolute atomic E-state index is 11.5. The third-order valence-electron chi connectivity index (χ3n) is 5.27. The number of rotatable bonds is 4. The average molecular weight is 268 g/mol. The highest BCUT2D eigenvalue weighted by atomic mass is 16.5. The zero-order valence-electron chi connectivity index (χ0n) is 12.4. The lowest BCUT2D eigenvalue weighted by Gasteiger charge is -2.37. The van der Waals surface area contributed by atoms with Gasteiger partial charge in [-0.05, 0) is 69.1 Å². The number of esters is 1. The molecule has 0 aromatic heterocycles. The molecule has 2 fully saturated rings. The van der Waals surface area contributed by atoms with Gasteiger partial charge >= 0.3 is 5.97 Å². The Morgan fingerprint density at radius 2 is 1.42 bits per heavy atom. The van der Waals surface area contributed by atoms with Gasteiger partial charge in [-0.15, -0.1) is 0 Å². The maximum Gasteiger partial charge on any atom is 0.308 e. The van der Waals surface area contributed by atoms with Crippen LogP contribution < -0.4 is 0 Å². The van der Waals surface area contributed by atoms with Gasteiger partial charge in [-0.1, -0.05) is 0 Å². The van der Waals surface area contributed by atoms with Crippen LogP contribution in [0.15, 0.2) is 0 Å². The fourth-order valence-corrected chi connectivity index (χ4v) is 4.05. The van der Waals surface area contributed by atoms with E-state index in [9.17, 15) is 4.79 Å². The van der Waals surface area contributed by atoms with Crippen LogP contribution in [0.2, 0.25) is 0 Å². The molecule has 0 N–H and O–H groups in total. The van der Waals surface area contributed by atoms with Gasteiger partial charge in [-0.3, -0.25) is 4.79 Å². The van der Waals surface area contributed by atoms with Gasteiger partial charge in [0.05, 0.1) is 13.0 Å². The Morgan fingerprint density at radius 1 is 0.895 bits per heavy atom. The van der Waals surface area contributed by atoms with Crippen molar-refractivity contribution in [2.75, 3.05) is 20.8 Å². The standard InChI is InChI=1S/C16H28O3/c1-18-11-12-3-5-13(6-4-12)14-7-9-15(10-8-14)16(17)19-2/h12-15H,3-11H2,1-2H3. The monoisotopic (exact) mass is 268 g/mol.